The van der Waals surface area contributed by atoms with Gasteiger partial charge >= 0.3 is 18.1 Å². The normalized spacial score (nSPS) is 16.5. The average molecular weight is 448 g/mol. The SMILES string of the molecule is CC(C)(C)OC(=O)CCNC(=O)NC1CCN(c2ccc(C(N)=NOC(N)=O)cc2)C1=O. The Hall–Kier alpha value is -3.83. The second kappa shape index (κ2) is 10.5. The van der Waals surface area contributed by atoms with E-state index in [1.54, 1.807) is 45.0 Å². The molecule has 1 aromatic rings. The van der Waals surface area contributed by atoms with Gasteiger partial charge in [0.25, 0.3) is 0 Å². The minimum Gasteiger partial charge on any atom is -0.460 e. The van der Waals surface area contributed by atoms with Crippen LogP contribution in [-0.4, -0.2) is 54.6 Å². The Labute approximate surface area is 185 Å². The molecule has 12 heteroatoms. The number of ether oxygens (including phenoxy) is 1. The third-order valence-electron chi connectivity index (χ3n) is 4.25. The number of hydrogen-bond acceptors (Lipinski definition) is 7. The van der Waals surface area contributed by atoms with Crippen molar-refractivity contribution in [3.05, 3.63) is 29.8 Å². The molecule has 12 nitrogen and oxygen atoms in total. The number of anilines is 1. The highest BCUT2D eigenvalue weighted by Crippen LogP contribution is 2.22. The fourth-order valence-corrected chi connectivity index (χ4v) is 2.91. The molecule has 0 radical (unpaired) electrons. The predicted molar refractivity (Wildman–Crippen MR) is 116 cm³/mol. The number of amidine groups is 1. The lowest BCUT2D eigenvalue weighted by atomic mass is 10.2. The van der Waals surface area contributed by atoms with E-state index in [2.05, 4.69) is 20.6 Å². The number of oxime groups is 1. The number of esters is 1. The number of benzene rings is 1. The number of amides is 4. The highest BCUT2D eigenvalue weighted by Gasteiger charge is 2.33. The lowest BCUT2D eigenvalue weighted by molar-refractivity contribution is -0.154. The third kappa shape index (κ3) is 7.45. The van der Waals surface area contributed by atoms with E-state index in [1.807, 2.05) is 0 Å². The summed E-state index contributed by atoms with van der Waals surface area (Å²) in [4.78, 5) is 52.8. The molecule has 1 fully saturated rings. The van der Waals surface area contributed by atoms with Gasteiger partial charge in [-0.2, -0.15) is 0 Å². The van der Waals surface area contributed by atoms with E-state index in [9.17, 15) is 19.2 Å². The van der Waals surface area contributed by atoms with Crippen molar-refractivity contribution < 1.29 is 28.8 Å². The Morgan fingerprint density at radius 1 is 1.19 bits per heavy atom. The smallest absolute Gasteiger partial charge is 0.430 e. The van der Waals surface area contributed by atoms with Gasteiger partial charge in [-0.1, -0.05) is 5.16 Å². The van der Waals surface area contributed by atoms with Crippen molar-refractivity contribution in [2.24, 2.45) is 16.6 Å². The summed E-state index contributed by atoms with van der Waals surface area (Å²) in [5.74, 6) is -0.735. The summed E-state index contributed by atoms with van der Waals surface area (Å²) in [6.45, 7) is 5.79. The van der Waals surface area contributed by atoms with E-state index in [4.69, 9.17) is 16.2 Å². The van der Waals surface area contributed by atoms with Crippen molar-refractivity contribution in [2.45, 2.75) is 45.3 Å². The molecule has 1 aromatic carbocycles. The Bertz CT molecular complexity index is 893. The molecule has 0 spiro atoms. The molecule has 1 saturated heterocycles. The monoisotopic (exact) mass is 448 g/mol. The van der Waals surface area contributed by atoms with Gasteiger partial charge in [-0.15, -0.1) is 0 Å². The molecule has 1 unspecified atom stereocenters. The third-order valence-corrected chi connectivity index (χ3v) is 4.25. The van der Waals surface area contributed by atoms with Crippen molar-refractivity contribution in [3.63, 3.8) is 0 Å². The Morgan fingerprint density at radius 2 is 1.84 bits per heavy atom. The number of primary amides is 1. The standard InChI is InChI=1S/C20H28N6O6/c1-20(2,3)31-15(27)8-10-23-19(30)24-14-9-11-26(17(14)28)13-6-4-12(5-7-13)16(21)25-32-18(22)29/h4-7,14H,8-11H2,1-3H3,(H2,21,25)(H2,22,29)(H2,23,24,30). The van der Waals surface area contributed by atoms with Crippen LogP contribution in [-0.2, 0) is 19.2 Å². The molecule has 0 aromatic heterocycles. The molecule has 174 valence electrons. The summed E-state index contributed by atoms with van der Waals surface area (Å²) in [7, 11) is 0. The maximum Gasteiger partial charge on any atom is 0.430 e. The molecule has 2 rings (SSSR count). The summed E-state index contributed by atoms with van der Waals surface area (Å²) >= 11 is 0. The van der Waals surface area contributed by atoms with Crippen LogP contribution in [0.25, 0.3) is 0 Å². The molecule has 1 aliphatic rings. The van der Waals surface area contributed by atoms with Crippen molar-refractivity contribution in [3.8, 4) is 0 Å². The minimum atomic E-state index is -1.08. The summed E-state index contributed by atoms with van der Waals surface area (Å²) in [5, 5.41) is 8.55. The minimum absolute atomic E-state index is 0.0265. The molecule has 0 bridgehead atoms. The summed E-state index contributed by atoms with van der Waals surface area (Å²) in [6, 6.07) is 5.30. The number of rotatable bonds is 7. The van der Waals surface area contributed by atoms with E-state index >= 15 is 0 Å². The van der Waals surface area contributed by atoms with Gasteiger partial charge in [-0.3, -0.25) is 14.4 Å². The Balaban J connectivity index is 1.84. The molecule has 0 saturated carbocycles. The number of carbonyl (C=O) groups excluding carboxylic acids is 4. The van der Waals surface area contributed by atoms with Crippen LogP contribution in [0.3, 0.4) is 0 Å². The zero-order valence-corrected chi connectivity index (χ0v) is 18.2. The van der Waals surface area contributed by atoms with Gasteiger partial charge in [0.1, 0.15) is 11.6 Å². The summed E-state index contributed by atoms with van der Waals surface area (Å²) in [6.07, 6.45) is -0.630. The zero-order chi connectivity index (χ0) is 23.9. The van der Waals surface area contributed by atoms with Gasteiger partial charge in [0.2, 0.25) is 5.91 Å². The predicted octanol–water partition coefficient (Wildman–Crippen LogP) is 0.539. The van der Waals surface area contributed by atoms with Gasteiger partial charge in [0.05, 0.1) is 6.42 Å². The van der Waals surface area contributed by atoms with Gasteiger partial charge in [0.15, 0.2) is 5.84 Å². The largest absolute Gasteiger partial charge is 0.460 e. The van der Waals surface area contributed by atoms with Gasteiger partial charge in [-0.05, 0) is 51.5 Å². The van der Waals surface area contributed by atoms with E-state index in [1.165, 1.54) is 4.90 Å². The molecule has 4 amide bonds. The molecular formula is C20H28N6O6. The number of hydrogen-bond donors (Lipinski definition) is 4. The molecule has 0 aliphatic carbocycles. The molecule has 32 heavy (non-hydrogen) atoms. The van der Waals surface area contributed by atoms with Crippen LogP contribution in [0, 0.1) is 0 Å². The highest BCUT2D eigenvalue weighted by molar-refractivity contribution is 6.02. The lowest BCUT2D eigenvalue weighted by Gasteiger charge is -2.19. The van der Waals surface area contributed by atoms with Crippen LogP contribution >= 0.6 is 0 Å². The van der Waals surface area contributed by atoms with Gasteiger partial charge < -0.3 is 31.7 Å². The van der Waals surface area contributed by atoms with Crippen molar-refractivity contribution in [1.29, 1.82) is 0 Å². The first-order valence-corrected chi connectivity index (χ1v) is 9.94. The number of carbonyl (C=O) groups is 4. The number of nitrogens with zero attached hydrogens (tertiary/aromatic N) is 2. The number of nitrogens with one attached hydrogen (secondary N) is 2. The summed E-state index contributed by atoms with van der Waals surface area (Å²) < 4.78 is 5.17. The van der Waals surface area contributed by atoms with Crippen LogP contribution in [0.4, 0.5) is 15.3 Å². The van der Waals surface area contributed by atoms with Crippen LogP contribution in [0.5, 0.6) is 0 Å². The lowest BCUT2D eigenvalue weighted by Crippen LogP contribution is -2.46. The highest BCUT2D eigenvalue weighted by atomic mass is 16.7. The summed E-state index contributed by atoms with van der Waals surface area (Å²) in [5.41, 5.74) is 11.0. The number of nitrogens with two attached hydrogens (primary N) is 2. The second-order valence-electron chi connectivity index (χ2n) is 8.00. The van der Waals surface area contributed by atoms with Crippen LogP contribution < -0.4 is 27.0 Å². The fraction of sp³-hybridized carbons (Fsp3) is 0.450. The van der Waals surface area contributed by atoms with Gasteiger partial charge in [0, 0.05) is 24.3 Å². The maximum atomic E-state index is 12.7. The average Bonchev–Trinajstić information content (AvgIpc) is 3.05. The van der Waals surface area contributed by atoms with Crippen LogP contribution in [0.1, 0.15) is 39.2 Å². The van der Waals surface area contributed by atoms with E-state index in [0.717, 1.165) is 0 Å². The van der Waals surface area contributed by atoms with Crippen LogP contribution in [0.15, 0.2) is 29.4 Å². The Morgan fingerprint density at radius 3 is 2.44 bits per heavy atom. The van der Waals surface area contributed by atoms with Gasteiger partial charge in [-0.25, -0.2) is 9.59 Å². The topological polar surface area (TPSA) is 178 Å². The first-order chi connectivity index (χ1) is 15.0. The quantitative estimate of drug-likeness (QED) is 0.154. The molecular weight excluding hydrogens is 420 g/mol. The van der Waals surface area contributed by atoms with Crippen molar-refractivity contribution in [2.75, 3.05) is 18.0 Å². The maximum absolute atomic E-state index is 12.7. The molecule has 6 N–H and O–H groups in total. The van der Waals surface area contributed by atoms with Crippen molar-refractivity contribution >= 4 is 35.5 Å². The first kappa shape index (κ1) is 24.4. The Kier molecular flexibility index (Phi) is 7.99. The molecule has 1 heterocycles. The fourth-order valence-electron chi connectivity index (χ4n) is 2.91. The molecule has 1 atom stereocenters. The zero-order valence-electron chi connectivity index (χ0n) is 18.2. The first-order valence-electron chi connectivity index (χ1n) is 9.94. The van der Waals surface area contributed by atoms with Crippen molar-refractivity contribution in [1.82, 2.24) is 10.6 Å². The molecule has 1 aliphatic heterocycles. The van der Waals surface area contributed by atoms with E-state index in [-0.39, 0.29) is 24.7 Å². The van der Waals surface area contributed by atoms with Crippen LogP contribution in [0.2, 0.25) is 0 Å². The van der Waals surface area contributed by atoms with E-state index < -0.39 is 29.7 Å². The number of urea groups is 1. The van der Waals surface area contributed by atoms with E-state index in [0.29, 0.717) is 24.2 Å². The second-order valence-corrected chi connectivity index (χ2v) is 8.00.